The van der Waals surface area contributed by atoms with Crippen molar-refractivity contribution in [3.63, 3.8) is 0 Å². The molecule has 0 saturated heterocycles. The van der Waals surface area contributed by atoms with E-state index in [4.69, 9.17) is 17.3 Å². The summed E-state index contributed by atoms with van der Waals surface area (Å²) in [5, 5.41) is 5.35. The third kappa shape index (κ3) is 3.08. The highest BCUT2D eigenvalue weighted by molar-refractivity contribution is 7.13. The Morgan fingerprint density at radius 2 is 2.00 bits per heavy atom. The second-order valence-electron chi connectivity index (χ2n) is 4.42. The fourth-order valence-electron chi connectivity index (χ4n) is 1.71. The molecule has 0 fully saturated rings. The van der Waals surface area contributed by atoms with Crippen LogP contribution in [0.2, 0.25) is 5.02 Å². The van der Waals surface area contributed by atoms with Crippen LogP contribution in [0.15, 0.2) is 29.6 Å². The van der Waals surface area contributed by atoms with Crippen molar-refractivity contribution in [2.75, 3.05) is 5.73 Å². The van der Waals surface area contributed by atoms with Crippen LogP contribution in [0.25, 0.3) is 0 Å². The minimum atomic E-state index is -0.146. The van der Waals surface area contributed by atoms with Crippen LogP contribution in [-0.2, 0) is 0 Å². The maximum absolute atomic E-state index is 12.1. The van der Waals surface area contributed by atoms with Crippen molar-refractivity contribution in [1.29, 1.82) is 0 Å². The molecule has 0 aliphatic carbocycles. The van der Waals surface area contributed by atoms with Crippen LogP contribution in [0.1, 0.15) is 33.8 Å². The number of benzene rings is 1. The first kappa shape index (κ1) is 13.9. The highest BCUT2D eigenvalue weighted by atomic mass is 35.5. The van der Waals surface area contributed by atoms with Crippen LogP contribution < -0.4 is 11.1 Å². The topological polar surface area (TPSA) is 55.1 Å². The monoisotopic (exact) mass is 294 g/mol. The molecule has 1 aromatic heterocycles. The normalized spacial score (nSPS) is 12.2. The quantitative estimate of drug-likeness (QED) is 0.846. The van der Waals surface area contributed by atoms with Crippen molar-refractivity contribution < 1.29 is 4.79 Å². The van der Waals surface area contributed by atoms with E-state index in [1.165, 1.54) is 11.3 Å². The number of carbonyl (C=O) groups is 1. The molecule has 5 heteroatoms. The fourth-order valence-corrected chi connectivity index (χ4v) is 2.89. The lowest BCUT2D eigenvalue weighted by Gasteiger charge is -2.14. The molecule has 1 atom stereocenters. The largest absolute Gasteiger partial charge is 0.399 e. The first-order valence-corrected chi connectivity index (χ1v) is 7.14. The first-order chi connectivity index (χ1) is 8.99. The Balaban J connectivity index is 2.10. The molecule has 19 heavy (non-hydrogen) atoms. The Morgan fingerprint density at radius 3 is 2.53 bits per heavy atom. The third-order valence-electron chi connectivity index (χ3n) is 2.89. The molecule has 0 radical (unpaired) electrons. The van der Waals surface area contributed by atoms with E-state index in [1.54, 1.807) is 0 Å². The SMILES string of the molecule is Cc1csc(C(=O)NC(C)c2ccc(N)cc2)c1Cl. The summed E-state index contributed by atoms with van der Waals surface area (Å²) in [4.78, 5) is 12.7. The summed E-state index contributed by atoms with van der Waals surface area (Å²) in [6.45, 7) is 3.82. The number of halogens is 1. The van der Waals surface area contributed by atoms with Gasteiger partial charge in [-0.15, -0.1) is 11.3 Å². The summed E-state index contributed by atoms with van der Waals surface area (Å²) >= 11 is 7.45. The van der Waals surface area contributed by atoms with Gasteiger partial charge in [0.1, 0.15) is 4.88 Å². The van der Waals surface area contributed by atoms with Crippen LogP contribution >= 0.6 is 22.9 Å². The zero-order valence-electron chi connectivity index (χ0n) is 10.7. The molecule has 2 aromatic rings. The smallest absolute Gasteiger partial charge is 0.263 e. The van der Waals surface area contributed by atoms with E-state index in [2.05, 4.69) is 5.32 Å². The van der Waals surface area contributed by atoms with Crippen LogP contribution in [-0.4, -0.2) is 5.91 Å². The van der Waals surface area contributed by atoms with Crippen LogP contribution in [0, 0.1) is 6.92 Å². The molecule has 0 spiro atoms. The second-order valence-corrected chi connectivity index (χ2v) is 5.68. The fraction of sp³-hybridized carbons (Fsp3) is 0.214. The Labute approximate surface area is 121 Å². The molecule has 100 valence electrons. The molecular weight excluding hydrogens is 280 g/mol. The molecule has 1 aromatic carbocycles. The maximum atomic E-state index is 12.1. The van der Waals surface area contributed by atoms with Crippen molar-refractivity contribution in [1.82, 2.24) is 5.32 Å². The number of amides is 1. The highest BCUT2D eigenvalue weighted by Gasteiger charge is 2.17. The predicted octanol–water partition coefficient (Wildman–Crippen LogP) is 3.78. The number of aryl methyl sites for hydroxylation is 1. The van der Waals surface area contributed by atoms with Gasteiger partial charge in [-0.1, -0.05) is 23.7 Å². The molecular formula is C14H15ClN2OS. The summed E-state index contributed by atoms with van der Waals surface area (Å²) < 4.78 is 0. The van der Waals surface area contributed by atoms with Gasteiger partial charge in [0, 0.05) is 5.69 Å². The van der Waals surface area contributed by atoms with Crippen molar-refractivity contribution in [3.05, 3.63) is 50.7 Å². The minimum absolute atomic E-state index is 0.0911. The Morgan fingerprint density at radius 1 is 1.37 bits per heavy atom. The Bertz CT molecular complexity index is 592. The van der Waals surface area contributed by atoms with E-state index in [-0.39, 0.29) is 11.9 Å². The number of nitrogen functional groups attached to an aromatic ring is 1. The van der Waals surface area contributed by atoms with Gasteiger partial charge >= 0.3 is 0 Å². The van der Waals surface area contributed by atoms with Gasteiger partial charge in [-0.2, -0.15) is 0 Å². The Kier molecular flexibility index (Phi) is 4.12. The molecule has 1 unspecified atom stereocenters. The lowest BCUT2D eigenvalue weighted by Crippen LogP contribution is -2.26. The van der Waals surface area contributed by atoms with E-state index in [0.717, 1.165) is 11.1 Å². The van der Waals surface area contributed by atoms with Crippen LogP contribution in [0.3, 0.4) is 0 Å². The first-order valence-electron chi connectivity index (χ1n) is 5.89. The van der Waals surface area contributed by atoms with Crippen molar-refractivity contribution in [2.45, 2.75) is 19.9 Å². The molecule has 2 rings (SSSR count). The predicted molar refractivity (Wildman–Crippen MR) is 80.8 cm³/mol. The molecule has 0 aliphatic heterocycles. The van der Waals surface area contributed by atoms with Gasteiger partial charge in [0.15, 0.2) is 0 Å². The van der Waals surface area contributed by atoms with Gasteiger partial charge in [0.05, 0.1) is 11.1 Å². The van der Waals surface area contributed by atoms with Gasteiger partial charge in [0.2, 0.25) is 0 Å². The third-order valence-corrected chi connectivity index (χ3v) is 4.59. The van der Waals surface area contributed by atoms with Crippen molar-refractivity contribution in [2.24, 2.45) is 0 Å². The minimum Gasteiger partial charge on any atom is -0.399 e. The molecule has 0 bridgehead atoms. The lowest BCUT2D eigenvalue weighted by molar-refractivity contribution is 0.0944. The highest BCUT2D eigenvalue weighted by Crippen LogP contribution is 2.27. The zero-order chi connectivity index (χ0) is 14.0. The van der Waals surface area contributed by atoms with Gasteiger partial charge in [-0.3, -0.25) is 4.79 Å². The number of thiophene rings is 1. The number of rotatable bonds is 3. The molecule has 3 N–H and O–H groups in total. The standard InChI is InChI=1S/C14H15ClN2OS/c1-8-7-19-13(12(8)15)14(18)17-9(2)10-3-5-11(16)6-4-10/h3-7,9H,16H2,1-2H3,(H,17,18). The van der Waals surface area contributed by atoms with E-state index in [0.29, 0.717) is 15.6 Å². The number of anilines is 1. The average molecular weight is 295 g/mol. The molecule has 0 aliphatic rings. The van der Waals surface area contributed by atoms with E-state index in [9.17, 15) is 4.79 Å². The van der Waals surface area contributed by atoms with Crippen molar-refractivity contribution in [3.8, 4) is 0 Å². The molecule has 0 saturated carbocycles. The summed E-state index contributed by atoms with van der Waals surface area (Å²) in [5.41, 5.74) is 8.28. The summed E-state index contributed by atoms with van der Waals surface area (Å²) in [6, 6.07) is 7.36. The van der Waals surface area contributed by atoms with Crippen LogP contribution in [0.5, 0.6) is 0 Å². The summed E-state index contributed by atoms with van der Waals surface area (Å²) in [6.07, 6.45) is 0. The van der Waals surface area contributed by atoms with Gasteiger partial charge in [0.25, 0.3) is 5.91 Å². The lowest BCUT2D eigenvalue weighted by atomic mass is 10.1. The van der Waals surface area contributed by atoms with Crippen molar-refractivity contribution >= 4 is 34.5 Å². The van der Waals surface area contributed by atoms with Gasteiger partial charge < -0.3 is 11.1 Å². The van der Waals surface area contributed by atoms with E-state index < -0.39 is 0 Å². The summed E-state index contributed by atoms with van der Waals surface area (Å²) in [7, 11) is 0. The van der Waals surface area contributed by atoms with Gasteiger partial charge in [-0.25, -0.2) is 0 Å². The average Bonchev–Trinajstić information content (AvgIpc) is 2.70. The maximum Gasteiger partial charge on any atom is 0.263 e. The van der Waals surface area contributed by atoms with E-state index >= 15 is 0 Å². The molecule has 1 amide bonds. The Hall–Kier alpha value is -1.52. The number of hydrogen-bond donors (Lipinski definition) is 2. The zero-order valence-corrected chi connectivity index (χ0v) is 12.3. The van der Waals surface area contributed by atoms with E-state index in [1.807, 2.05) is 43.5 Å². The number of nitrogens with two attached hydrogens (primary N) is 1. The summed E-state index contributed by atoms with van der Waals surface area (Å²) in [5.74, 6) is -0.146. The van der Waals surface area contributed by atoms with Crippen LogP contribution in [0.4, 0.5) is 5.69 Å². The number of nitrogens with one attached hydrogen (secondary N) is 1. The van der Waals surface area contributed by atoms with Gasteiger partial charge in [-0.05, 0) is 42.5 Å². The molecule has 3 nitrogen and oxygen atoms in total. The molecule has 1 heterocycles. The second kappa shape index (κ2) is 5.63. The number of hydrogen-bond acceptors (Lipinski definition) is 3. The number of carbonyl (C=O) groups excluding carboxylic acids is 1.